The van der Waals surface area contributed by atoms with Crippen LogP contribution in [0.3, 0.4) is 0 Å². The molecule has 1 aliphatic heterocycles. The largest absolute Gasteiger partial charge is 0.409 e. The van der Waals surface area contributed by atoms with Gasteiger partial charge in [-0.2, -0.15) is 0 Å². The van der Waals surface area contributed by atoms with E-state index in [9.17, 15) is 0 Å². The van der Waals surface area contributed by atoms with Crippen LogP contribution in [0.2, 0.25) is 0 Å². The molecule has 1 unspecified atom stereocenters. The summed E-state index contributed by atoms with van der Waals surface area (Å²) in [6, 6.07) is 8.34. The summed E-state index contributed by atoms with van der Waals surface area (Å²) in [7, 11) is 2.15. The van der Waals surface area contributed by atoms with Gasteiger partial charge in [0, 0.05) is 37.8 Å². The van der Waals surface area contributed by atoms with Gasteiger partial charge in [0.1, 0.15) is 0 Å². The quantitative estimate of drug-likeness (QED) is 0.368. The van der Waals surface area contributed by atoms with E-state index in [4.69, 9.17) is 10.9 Å². The van der Waals surface area contributed by atoms with Crippen molar-refractivity contribution in [1.82, 2.24) is 9.80 Å². The summed E-state index contributed by atoms with van der Waals surface area (Å²) in [6.45, 7) is 6.27. The van der Waals surface area contributed by atoms with Gasteiger partial charge in [0.15, 0.2) is 5.84 Å². The molecule has 1 saturated heterocycles. The molecule has 1 atom stereocenters. The van der Waals surface area contributed by atoms with Gasteiger partial charge in [-0.1, -0.05) is 29.4 Å². The van der Waals surface area contributed by atoms with Crippen molar-refractivity contribution in [3.05, 3.63) is 35.4 Å². The zero-order valence-electron chi connectivity index (χ0n) is 11.6. The number of benzene rings is 1. The molecule has 19 heavy (non-hydrogen) atoms. The minimum Gasteiger partial charge on any atom is -0.409 e. The summed E-state index contributed by atoms with van der Waals surface area (Å²) in [5, 5.41) is 12.0. The Hall–Kier alpha value is -1.59. The number of nitrogens with zero attached hydrogens (tertiary/aromatic N) is 3. The van der Waals surface area contributed by atoms with E-state index in [1.165, 1.54) is 0 Å². The highest BCUT2D eigenvalue weighted by Crippen LogP contribution is 2.16. The Balaban J connectivity index is 2.15. The highest BCUT2D eigenvalue weighted by molar-refractivity contribution is 5.98. The van der Waals surface area contributed by atoms with Crippen molar-refractivity contribution in [2.45, 2.75) is 19.5 Å². The summed E-state index contributed by atoms with van der Waals surface area (Å²) in [5.74, 6) is 0.178. The third kappa shape index (κ3) is 3.24. The fourth-order valence-electron chi connectivity index (χ4n) is 2.59. The van der Waals surface area contributed by atoms with Crippen LogP contribution in [-0.4, -0.2) is 53.6 Å². The van der Waals surface area contributed by atoms with Gasteiger partial charge in [-0.15, -0.1) is 0 Å². The number of hydrogen-bond donors (Lipinski definition) is 2. The van der Waals surface area contributed by atoms with Gasteiger partial charge < -0.3 is 15.8 Å². The highest BCUT2D eigenvalue weighted by atomic mass is 16.4. The van der Waals surface area contributed by atoms with E-state index >= 15 is 0 Å². The summed E-state index contributed by atoms with van der Waals surface area (Å²) >= 11 is 0. The number of piperazine rings is 1. The second kappa shape index (κ2) is 6.04. The highest BCUT2D eigenvalue weighted by Gasteiger charge is 2.22. The van der Waals surface area contributed by atoms with Crippen LogP contribution >= 0.6 is 0 Å². The molecule has 0 saturated carbocycles. The molecule has 3 N–H and O–H groups in total. The van der Waals surface area contributed by atoms with Gasteiger partial charge in [-0.3, -0.25) is 4.90 Å². The monoisotopic (exact) mass is 262 g/mol. The lowest BCUT2D eigenvalue weighted by Gasteiger charge is -2.38. The molecule has 1 heterocycles. The Morgan fingerprint density at radius 1 is 1.42 bits per heavy atom. The molecule has 5 nitrogen and oxygen atoms in total. The van der Waals surface area contributed by atoms with Crippen molar-refractivity contribution in [1.29, 1.82) is 0 Å². The third-order valence-electron chi connectivity index (χ3n) is 3.74. The first kappa shape index (κ1) is 13.8. The summed E-state index contributed by atoms with van der Waals surface area (Å²) < 4.78 is 0. The van der Waals surface area contributed by atoms with Crippen LogP contribution < -0.4 is 5.73 Å². The Morgan fingerprint density at radius 3 is 2.84 bits per heavy atom. The Kier molecular flexibility index (Phi) is 4.39. The molecule has 1 aromatic rings. The molecule has 104 valence electrons. The number of rotatable bonds is 3. The number of oxime groups is 1. The molecule has 1 aromatic carbocycles. The third-order valence-corrected chi connectivity index (χ3v) is 3.74. The van der Waals surface area contributed by atoms with E-state index < -0.39 is 0 Å². The van der Waals surface area contributed by atoms with Crippen LogP contribution in [-0.2, 0) is 6.54 Å². The van der Waals surface area contributed by atoms with Gasteiger partial charge in [-0.05, 0) is 19.5 Å². The molecular weight excluding hydrogens is 240 g/mol. The zero-order chi connectivity index (χ0) is 13.8. The molecule has 0 bridgehead atoms. The minimum absolute atomic E-state index is 0.178. The molecular formula is C14H22N4O. The molecule has 0 radical (unpaired) electrons. The van der Waals surface area contributed by atoms with E-state index in [0.29, 0.717) is 6.04 Å². The number of nitrogens with two attached hydrogens (primary N) is 1. The predicted octanol–water partition coefficient (Wildman–Crippen LogP) is 0.917. The lowest BCUT2D eigenvalue weighted by Crippen LogP contribution is -2.49. The van der Waals surface area contributed by atoms with Crippen LogP contribution in [0.1, 0.15) is 18.1 Å². The normalized spacial score (nSPS) is 22.6. The molecule has 0 aliphatic carbocycles. The van der Waals surface area contributed by atoms with Crippen molar-refractivity contribution < 1.29 is 5.21 Å². The first-order chi connectivity index (χ1) is 9.11. The standard InChI is InChI=1S/C14H22N4O/c1-11-9-17(2)7-8-18(11)10-12-5-3-4-6-13(12)14(15)16-19/h3-6,11,19H,7-10H2,1-2H3,(H2,15,16). The average molecular weight is 262 g/mol. The second-order valence-electron chi connectivity index (χ2n) is 5.22. The second-order valence-corrected chi connectivity index (χ2v) is 5.22. The van der Waals surface area contributed by atoms with Gasteiger partial charge in [0.2, 0.25) is 0 Å². The van der Waals surface area contributed by atoms with E-state index in [2.05, 4.69) is 28.9 Å². The summed E-state index contributed by atoms with van der Waals surface area (Å²) in [5.41, 5.74) is 7.65. The van der Waals surface area contributed by atoms with Gasteiger partial charge in [0.05, 0.1) is 0 Å². The lowest BCUT2D eigenvalue weighted by atomic mass is 10.0. The maximum Gasteiger partial charge on any atom is 0.170 e. The average Bonchev–Trinajstić information content (AvgIpc) is 2.41. The number of amidine groups is 1. The van der Waals surface area contributed by atoms with Crippen molar-refractivity contribution in [2.24, 2.45) is 10.9 Å². The smallest absolute Gasteiger partial charge is 0.170 e. The molecule has 2 rings (SSSR count). The van der Waals surface area contributed by atoms with Crippen molar-refractivity contribution >= 4 is 5.84 Å². The van der Waals surface area contributed by atoms with Crippen molar-refractivity contribution in [3.8, 4) is 0 Å². The van der Waals surface area contributed by atoms with E-state index in [1.54, 1.807) is 0 Å². The zero-order valence-corrected chi connectivity index (χ0v) is 11.6. The lowest BCUT2D eigenvalue weighted by molar-refractivity contribution is 0.0938. The summed E-state index contributed by atoms with van der Waals surface area (Å²) in [4.78, 5) is 4.78. The molecule has 0 aromatic heterocycles. The fraction of sp³-hybridized carbons (Fsp3) is 0.500. The Morgan fingerprint density at radius 2 is 2.16 bits per heavy atom. The van der Waals surface area contributed by atoms with Crippen LogP contribution in [0.25, 0.3) is 0 Å². The van der Waals surface area contributed by atoms with Crippen LogP contribution in [0.4, 0.5) is 0 Å². The number of likely N-dealkylation sites (N-methyl/N-ethyl adjacent to an activating group) is 1. The summed E-state index contributed by atoms with van der Waals surface area (Å²) in [6.07, 6.45) is 0. The van der Waals surface area contributed by atoms with E-state index in [1.807, 2.05) is 24.3 Å². The van der Waals surface area contributed by atoms with Gasteiger partial charge in [-0.25, -0.2) is 0 Å². The molecule has 1 fully saturated rings. The van der Waals surface area contributed by atoms with Crippen molar-refractivity contribution in [3.63, 3.8) is 0 Å². The molecule has 0 spiro atoms. The Bertz CT molecular complexity index is 461. The first-order valence-corrected chi connectivity index (χ1v) is 6.60. The fourth-order valence-corrected chi connectivity index (χ4v) is 2.59. The Labute approximate surface area is 114 Å². The predicted molar refractivity (Wildman–Crippen MR) is 76.3 cm³/mol. The maximum absolute atomic E-state index is 8.85. The number of hydrogen-bond acceptors (Lipinski definition) is 4. The van der Waals surface area contributed by atoms with Crippen LogP contribution in [0.15, 0.2) is 29.4 Å². The minimum atomic E-state index is 0.178. The topological polar surface area (TPSA) is 65.1 Å². The van der Waals surface area contributed by atoms with E-state index in [0.717, 1.165) is 37.3 Å². The molecule has 0 amide bonds. The van der Waals surface area contributed by atoms with Crippen LogP contribution in [0, 0.1) is 0 Å². The van der Waals surface area contributed by atoms with Gasteiger partial charge >= 0.3 is 0 Å². The maximum atomic E-state index is 8.85. The van der Waals surface area contributed by atoms with Crippen LogP contribution in [0.5, 0.6) is 0 Å². The first-order valence-electron chi connectivity index (χ1n) is 6.60. The van der Waals surface area contributed by atoms with E-state index in [-0.39, 0.29) is 5.84 Å². The van der Waals surface area contributed by atoms with Gasteiger partial charge in [0.25, 0.3) is 0 Å². The van der Waals surface area contributed by atoms with Crippen molar-refractivity contribution in [2.75, 3.05) is 26.7 Å². The molecule has 5 heteroatoms. The SMILES string of the molecule is CC1CN(C)CCN1Cc1ccccc1/C(N)=N/O. The molecule has 1 aliphatic rings.